The normalized spacial score (nSPS) is 20.2. The van der Waals surface area contributed by atoms with Crippen molar-refractivity contribution in [2.75, 3.05) is 31.3 Å². The van der Waals surface area contributed by atoms with Gasteiger partial charge >= 0.3 is 6.03 Å². The minimum Gasteiger partial charge on any atom is -0.377 e. The van der Waals surface area contributed by atoms with Crippen LogP contribution in [0.5, 0.6) is 0 Å². The van der Waals surface area contributed by atoms with Crippen molar-refractivity contribution in [2.24, 2.45) is 11.8 Å². The summed E-state index contributed by atoms with van der Waals surface area (Å²) in [4.78, 5) is 24.2. The highest BCUT2D eigenvalue weighted by Crippen LogP contribution is 2.28. The SMILES string of the molecule is CC(C)[C@H]1OCC[C@H]1C(=O)Nc1cccc(NC(=O)NN(C)C)c1. The number of amides is 3. The fraction of sp³-hybridized carbons (Fsp3) is 0.529. The van der Waals surface area contributed by atoms with Crippen LogP contribution in [0.1, 0.15) is 20.3 Å². The number of carbonyl (C=O) groups is 2. The molecular weight excluding hydrogens is 308 g/mol. The number of nitrogens with one attached hydrogen (secondary N) is 3. The fourth-order valence-electron chi connectivity index (χ4n) is 2.82. The van der Waals surface area contributed by atoms with Crippen molar-refractivity contribution in [3.8, 4) is 0 Å². The molecule has 1 fully saturated rings. The molecule has 3 amide bonds. The van der Waals surface area contributed by atoms with Crippen molar-refractivity contribution in [3.05, 3.63) is 24.3 Å². The molecule has 0 bridgehead atoms. The van der Waals surface area contributed by atoms with Gasteiger partial charge in [0.25, 0.3) is 0 Å². The van der Waals surface area contributed by atoms with E-state index >= 15 is 0 Å². The average Bonchev–Trinajstić information content (AvgIpc) is 2.96. The fourth-order valence-corrected chi connectivity index (χ4v) is 2.82. The van der Waals surface area contributed by atoms with Gasteiger partial charge in [-0.25, -0.2) is 9.80 Å². The Morgan fingerprint density at radius 2 is 1.88 bits per heavy atom. The maximum Gasteiger partial charge on any atom is 0.333 e. The van der Waals surface area contributed by atoms with Crippen LogP contribution in [0, 0.1) is 11.8 Å². The van der Waals surface area contributed by atoms with Gasteiger partial charge in [-0.1, -0.05) is 19.9 Å². The average molecular weight is 334 g/mol. The van der Waals surface area contributed by atoms with E-state index in [4.69, 9.17) is 4.74 Å². The molecule has 1 aliphatic heterocycles. The van der Waals surface area contributed by atoms with Crippen LogP contribution in [0.2, 0.25) is 0 Å². The molecule has 7 heteroatoms. The first-order chi connectivity index (χ1) is 11.4. The van der Waals surface area contributed by atoms with Gasteiger partial charge in [-0.05, 0) is 30.5 Å². The first-order valence-corrected chi connectivity index (χ1v) is 8.14. The van der Waals surface area contributed by atoms with Crippen molar-refractivity contribution in [1.82, 2.24) is 10.4 Å². The molecular formula is C17H26N4O3. The summed E-state index contributed by atoms with van der Waals surface area (Å²) in [7, 11) is 3.45. The third-order valence-corrected chi connectivity index (χ3v) is 3.84. The van der Waals surface area contributed by atoms with Gasteiger partial charge in [-0.15, -0.1) is 0 Å². The van der Waals surface area contributed by atoms with Crippen LogP contribution in [-0.2, 0) is 9.53 Å². The number of hydrogen-bond acceptors (Lipinski definition) is 4. The monoisotopic (exact) mass is 334 g/mol. The van der Waals surface area contributed by atoms with Crippen LogP contribution in [0.25, 0.3) is 0 Å². The number of carbonyl (C=O) groups excluding carboxylic acids is 2. The number of nitrogens with zero attached hydrogens (tertiary/aromatic N) is 1. The van der Waals surface area contributed by atoms with Crippen molar-refractivity contribution in [1.29, 1.82) is 0 Å². The van der Waals surface area contributed by atoms with Gasteiger partial charge in [0.15, 0.2) is 0 Å². The second kappa shape index (κ2) is 8.12. The summed E-state index contributed by atoms with van der Waals surface area (Å²) in [5.74, 6) is 0.116. The van der Waals surface area contributed by atoms with Crippen LogP contribution in [0.4, 0.5) is 16.2 Å². The van der Waals surface area contributed by atoms with Crippen molar-refractivity contribution >= 4 is 23.3 Å². The molecule has 132 valence electrons. The molecule has 0 saturated carbocycles. The summed E-state index contributed by atoms with van der Waals surface area (Å²) < 4.78 is 5.67. The molecule has 1 aromatic rings. The second-order valence-corrected chi connectivity index (χ2v) is 6.51. The summed E-state index contributed by atoms with van der Waals surface area (Å²) in [6, 6.07) is 6.74. The molecule has 1 heterocycles. The second-order valence-electron chi connectivity index (χ2n) is 6.51. The molecule has 24 heavy (non-hydrogen) atoms. The van der Waals surface area contributed by atoms with Crippen molar-refractivity contribution < 1.29 is 14.3 Å². The number of hydrogen-bond donors (Lipinski definition) is 3. The highest BCUT2D eigenvalue weighted by Gasteiger charge is 2.35. The topological polar surface area (TPSA) is 82.7 Å². The van der Waals surface area contributed by atoms with Crippen molar-refractivity contribution in [2.45, 2.75) is 26.4 Å². The van der Waals surface area contributed by atoms with E-state index in [2.05, 4.69) is 29.9 Å². The molecule has 0 radical (unpaired) electrons. The molecule has 1 aliphatic rings. The quantitative estimate of drug-likeness (QED) is 0.722. The predicted octanol–water partition coefficient (Wildman–Crippen LogP) is 2.28. The molecule has 0 spiro atoms. The lowest BCUT2D eigenvalue weighted by Crippen LogP contribution is -2.39. The standard InChI is InChI=1S/C17H26N4O3/c1-11(2)15-14(8-9-24-15)16(22)18-12-6-5-7-13(10-12)19-17(23)20-21(3)4/h5-7,10-11,14-15H,8-9H2,1-4H3,(H,18,22)(H2,19,20,23)/t14-,15-/m1/s1. The highest BCUT2D eigenvalue weighted by molar-refractivity contribution is 5.95. The Labute approximate surface area is 142 Å². The van der Waals surface area contributed by atoms with Crippen molar-refractivity contribution in [3.63, 3.8) is 0 Å². The van der Waals surface area contributed by atoms with E-state index in [9.17, 15) is 9.59 Å². The Balaban J connectivity index is 1.99. The number of ether oxygens (including phenoxy) is 1. The first-order valence-electron chi connectivity index (χ1n) is 8.14. The zero-order chi connectivity index (χ0) is 17.7. The first kappa shape index (κ1) is 18.2. The molecule has 1 saturated heterocycles. The van der Waals surface area contributed by atoms with Gasteiger partial charge in [0.2, 0.25) is 5.91 Å². The van der Waals surface area contributed by atoms with E-state index in [1.165, 1.54) is 0 Å². The van der Waals surface area contributed by atoms with Crippen LogP contribution in [0.3, 0.4) is 0 Å². The molecule has 2 atom stereocenters. The number of rotatable bonds is 5. The van der Waals surface area contributed by atoms with E-state index < -0.39 is 0 Å². The molecule has 0 aromatic heterocycles. The van der Waals surface area contributed by atoms with E-state index in [-0.39, 0.29) is 24.0 Å². The van der Waals surface area contributed by atoms with Crippen LogP contribution in [0.15, 0.2) is 24.3 Å². The molecule has 1 aromatic carbocycles. The Bertz CT molecular complexity index is 589. The van der Waals surface area contributed by atoms with Gasteiger partial charge in [0.1, 0.15) is 0 Å². The predicted molar refractivity (Wildman–Crippen MR) is 93.6 cm³/mol. The molecule has 2 rings (SSSR count). The minimum absolute atomic E-state index is 0.0407. The zero-order valence-electron chi connectivity index (χ0n) is 14.6. The smallest absolute Gasteiger partial charge is 0.333 e. The molecule has 0 aliphatic carbocycles. The van der Waals surface area contributed by atoms with E-state index in [1.54, 1.807) is 43.4 Å². The largest absolute Gasteiger partial charge is 0.377 e. The van der Waals surface area contributed by atoms with Gasteiger partial charge in [0, 0.05) is 32.1 Å². The van der Waals surface area contributed by atoms with Gasteiger partial charge in [0.05, 0.1) is 12.0 Å². The molecule has 0 unspecified atom stereocenters. The molecule has 3 N–H and O–H groups in total. The van der Waals surface area contributed by atoms with E-state index in [1.807, 2.05) is 0 Å². The third kappa shape index (κ3) is 4.94. The third-order valence-electron chi connectivity index (χ3n) is 3.84. The molecule has 7 nitrogen and oxygen atoms in total. The lowest BCUT2D eigenvalue weighted by Gasteiger charge is -2.21. The Morgan fingerprint density at radius 3 is 2.50 bits per heavy atom. The van der Waals surface area contributed by atoms with Gasteiger partial charge in [-0.3, -0.25) is 10.2 Å². The van der Waals surface area contributed by atoms with E-state index in [0.717, 1.165) is 6.42 Å². The van der Waals surface area contributed by atoms with Gasteiger partial charge in [-0.2, -0.15) is 0 Å². The zero-order valence-corrected chi connectivity index (χ0v) is 14.6. The summed E-state index contributed by atoms with van der Waals surface area (Å²) in [6.45, 7) is 4.74. The summed E-state index contributed by atoms with van der Waals surface area (Å²) in [5, 5.41) is 7.19. The van der Waals surface area contributed by atoms with Crippen LogP contribution < -0.4 is 16.1 Å². The Hall–Kier alpha value is -2.12. The Kier molecular flexibility index (Phi) is 6.16. The summed E-state index contributed by atoms with van der Waals surface area (Å²) in [5.41, 5.74) is 3.85. The Morgan fingerprint density at radius 1 is 1.21 bits per heavy atom. The van der Waals surface area contributed by atoms with Crippen LogP contribution in [-0.4, -0.2) is 43.8 Å². The highest BCUT2D eigenvalue weighted by atomic mass is 16.5. The lowest BCUT2D eigenvalue weighted by molar-refractivity contribution is -0.122. The lowest BCUT2D eigenvalue weighted by atomic mass is 9.92. The number of benzene rings is 1. The minimum atomic E-state index is -0.340. The number of hydrazine groups is 1. The summed E-state index contributed by atoms with van der Waals surface area (Å²) in [6.07, 6.45) is 0.690. The maximum absolute atomic E-state index is 12.5. The van der Waals surface area contributed by atoms with Crippen LogP contribution >= 0.6 is 0 Å². The number of anilines is 2. The summed E-state index contributed by atoms with van der Waals surface area (Å²) >= 11 is 0. The maximum atomic E-state index is 12.5. The number of urea groups is 1. The van der Waals surface area contributed by atoms with E-state index in [0.29, 0.717) is 23.9 Å². The van der Waals surface area contributed by atoms with Gasteiger partial charge < -0.3 is 15.4 Å².